The van der Waals surface area contributed by atoms with Gasteiger partial charge in [-0.3, -0.25) is 0 Å². The molecular formula is C22H27FN4O5S. The second kappa shape index (κ2) is 9.96. The average molecular weight is 479 g/mol. The zero-order chi connectivity index (χ0) is 24.2. The fourth-order valence-electron chi connectivity index (χ4n) is 3.25. The average Bonchev–Trinajstić information content (AvgIpc) is 3.26. The van der Waals surface area contributed by atoms with E-state index in [4.69, 9.17) is 14.4 Å². The number of hydrogen-bond acceptors (Lipinski definition) is 8. The molecule has 1 aromatic heterocycles. The van der Waals surface area contributed by atoms with Crippen molar-refractivity contribution in [2.45, 2.75) is 43.7 Å². The Hall–Kier alpha value is -2.86. The number of aliphatic hydroxyl groups is 1. The number of benzene rings is 2. The van der Waals surface area contributed by atoms with Gasteiger partial charge in [-0.2, -0.15) is 4.98 Å². The van der Waals surface area contributed by atoms with Gasteiger partial charge in [-0.05, 0) is 62.6 Å². The fraction of sp³-hybridized carbons (Fsp3) is 0.364. The Morgan fingerprint density at radius 1 is 1.27 bits per heavy atom. The van der Waals surface area contributed by atoms with Gasteiger partial charge >= 0.3 is 0 Å². The van der Waals surface area contributed by atoms with Gasteiger partial charge < -0.3 is 19.7 Å². The molecule has 0 unspecified atom stereocenters. The standard InChI is InChI=1S/C22H27FN4O5S/c1-14-4-7-18(21-25-13-32-27-21)20(8-14)31-12-16(28)11-26-22(2,3)10-15-5-6-17(9-19(15)23)33(24,29)30/h4-9,13,16,26,28H,10-12H2,1-3H3,(H2,24,29,30)/t16-/m0/s1. The zero-order valence-corrected chi connectivity index (χ0v) is 19.4. The first kappa shape index (κ1) is 24.8. The van der Waals surface area contributed by atoms with Gasteiger partial charge in [-0.1, -0.05) is 17.3 Å². The van der Waals surface area contributed by atoms with Gasteiger partial charge in [0.25, 0.3) is 0 Å². The van der Waals surface area contributed by atoms with Gasteiger partial charge in [0, 0.05) is 12.1 Å². The van der Waals surface area contributed by atoms with E-state index < -0.39 is 27.5 Å². The van der Waals surface area contributed by atoms with Gasteiger partial charge in [-0.25, -0.2) is 17.9 Å². The second-order valence-corrected chi connectivity index (χ2v) is 10.0. The van der Waals surface area contributed by atoms with Crippen LogP contribution in [0, 0.1) is 12.7 Å². The van der Waals surface area contributed by atoms with Crippen molar-refractivity contribution in [3.63, 3.8) is 0 Å². The smallest absolute Gasteiger partial charge is 0.238 e. The van der Waals surface area contributed by atoms with Gasteiger partial charge in [-0.15, -0.1) is 0 Å². The molecule has 0 saturated carbocycles. The maximum Gasteiger partial charge on any atom is 0.238 e. The van der Waals surface area contributed by atoms with Crippen LogP contribution in [0.1, 0.15) is 25.0 Å². The summed E-state index contributed by atoms with van der Waals surface area (Å²) in [7, 11) is -3.97. The number of nitrogens with one attached hydrogen (secondary N) is 1. The van der Waals surface area contributed by atoms with E-state index in [1.165, 1.54) is 18.5 Å². The number of aliphatic hydroxyl groups excluding tert-OH is 1. The molecule has 0 spiro atoms. The largest absolute Gasteiger partial charge is 0.490 e. The van der Waals surface area contributed by atoms with Crippen LogP contribution in [0.15, 0.2) is 52.2 Å². The van der Waals surface area contributed by atoms with Crippen molar-refractivity contribution in [2.24, 2.45) is 5.14 Å². The molecule has 0 aliphatic rings. The van der Waals surface area contributed by atoms with Crippen molar-refractivity contribution >= 4 is 10.0 Å². The monoisotopic (exact) mass is 478 g/mol. The summed E-state index contributed by atoms with van der Waals surface area (Å²) in [5, 5.41) is 22.5. The Morgan fingerprint density at radius 3 is 2.67 bits per heavy atom. The molecule has 2 aromatic carbocycles. The summed E-state index contributed by atoms with van der Waals surface area (Å²) < 4.78 is 47.7. The maximum absolute atomic E-state index is 14.4. The number of rotatable bonds is 10. The zero-order valence-electron chi connectivity index (χ0n) is 18.6. The first-order chi connectivity index (χ1) is 15.4. The molecule has 0 bridgehead atoms. The third kappa shape index (κ3) is 6.81. The highest BCUT2D eigenvalue weighted by Gasteiger charge is 2.22. The molecule has 4 N–H and O–H groups in total. The lowest BCUT2D eigenvalue weighted by Gasteiger charge is -2.28. The van der Waals surface area contributed by atoms with Gasteiger partial charge in [0.2, 0.25) is 22.2 Å². The van der Waals surface area contributed by atoms with E-state index in [-0.39, 0.29) is 24.5 Å². The molecule has 1 atom stereocenters. The van der Waals surface area contributed by atoms with Crippen molar-refractivity contribution < 1.29 is 27.2 Å². The van der Waals surface area contributed by atoms with E-state index in [0.29, 0.717) is 22.7 Å². The number of sulfonamides is 1. The minimum Gasteiger partial charge on any atom is -0.490 e. The third-order valence-electron chi connectivity index (χ3n) is 4.97. The number of nitrogens with two attached hydrogens (primary N) is 1. The Labute approximate surface area is 191 Å². The summed E-state index contributed by atoms with van der Waals surface area (Å²) >= 11 is 0. The Kier molecular flexibility index (Phi) is 7.48. The topological polar surface area (TPSA) is 141 Å². The van der Waals surface area contributed by atoms with E-state index >= 15 is 0 Å². The van der Waals surface area contributed by atoms with Crippen LogP contribution in [0.3, 0.4) is 0 Å². The molecule has 0 radical (unpaired) electrons. The van der Waals surface area contributed by atoms with Crippen LogP contribution in [-0.2, 0) is 16.4 Å². The molecular weight excluding hydrogens is 451 g/mol. The van der Waals surface area contributed by atoms with Crippen molar-refractivity contribution in [1.29, 1.82) is 0 Å². The lowest BCUT2D eigenvalue weighted by Crippen LogP contribution is -2.46. The number of primary sulfonamides is 1. The lowest BCUT2D eigenvalue weighted by molar-refractivity contribution is 0.0990. The quantitative estimate of drug-likeness (QED) is 0.403. The molecule has 1 heterocycles. The van der Waals surface area contributed by atoms with Crippen LogP contribution < -0.4 is 15.2 Å². The molecule has 0 fully saturated rings. The number of nitrogens with zero attached hydrogens (tertiary/aromatic N) is 2. The van der Waals surface area contributed by atoms with Crippen LogP contribution in [0.5, 0.6) is 5.75 Å². The molecule has 3 aromatic rings. The number of ether oxygens (including phenoxy) is 1. The summed E-state index contributed by atoms with van der Waals surface area (Å²) in [5.41, 5.74) is 1.36. The minimum atomic E-state index is -3.97. The van der Waals surface area contributed by atoms with Crippen LogP contribution >= 0.6 is 0 Å². The normalized spacial score (nSPS) is 13.2. The van der Waals surface area contributed by atoms with E-state index in [0.717, 1.165) is 11.6 Å². The molecule has 0 aliphatic carbocycles. The van der Waals surface area contributed by atoms with E-state index in [2.05, 4.69) is 15.5 Å². The lowest BCUT2D eigenvalue weighted by atomic mass is 9.94. The summed E-state index contributed by atoms with van der Waals surface area (Å²) in [6.45, 7) is 5.81. The maximum atomic E-state index is 14.4. The van der Waals surface area contributed by atoms with Crippen LogP contribution in [0.25, 0.3) is 11.4 Å². The van der Waals surface area contributed by atoms with E-state index in [1.54, 1.807) is 0 Å². The molecule has 178 valence electrons. The summed E-state index contributed by atoms with van der Waals surface area (Å²) in [6, 6.07) is 9.12. The number of hydrogen-bond donors (Lipinski definition) is 3. The van der Waals surface area contributed by atoms with Crippen molar-refractivity contribution in [3.8, 4) is 17.1 Å². The predicted molar refractivity (Wildman–Crippen MR) is 120 cm³/mol. The molecule has 3 rings (SSSR count). The first-order valence-electron chi connectivity index (χ1n) is 10.2. The molecule has 0 amide bonds. The SMILES string of the molecule is Cc1ccc(-c2ncon2)c(OC[C@@H](O)CNC(C)(C)Cc2ccc(S(N)(=O)=O)cc2F)c1. The van der Waals surface area contributed by atoms with Gasteiger partial charge in [0.05, 0.1) is 10.5 Å². The number of aryl methyl sites for hydroxylation is 1. The summed E-state index contributed by atoms with van der Waals surface area (Å²) in [4.78, 5) is 3.76. The van der Waals surface area contributed by atoms with E-state index in [1.807, 2.05) is 39.0 Å². The third-order valence-corrected chi connectivity index (χ3v) is 5.88. The number of halogens is 1. The molecule has 33 heavy (non-hydrogen) atoms. The van der Waals surface area contributed by atoms with Crippen molar-refractivity contribution in [2.75, 3.05) is 13.2 Å². The van der Waals surface area contributed by atoms with Crippen LogP contribution in [-0.4, -0.2) is 48.5 Å². The highest BCUT2D eigenvalue weighted by Crippen LogP contribution is 2.28. The molecule has 0 saturated heterocycles. The van der Waals surface area contributed by atoms with Crippen molar-refractivity contribution in [1.82, 2.24) is 15.5 Å². The Morgan fingerprint density at radius 2 is 2.03 bits per heavy atom. The van der Waals surface area contributed by atoms with Crippen molar-refractivity contribution in [3.05, 3.63) is 59.7 Å². The predicted octanol–water partition coefficient (Wildman–Crippen LogP) is 2.18. The Bertz CT molecular complexity index is 1200. The number of β-amino-alcohol motifs (C(OH)–C–C–N with tert-alkyl or cyclic N) is 1. The molecule has 11 heteroatoms. The summed E-state index contributed by atoms with van der Waals surface area (Å²) in [6.07, 6.45) is 0.639. The van der Waals surface area contributed by atoms with E-state index in [9.17, 15) is 17.9 Å². The van der Waals surface area contributed by atoms with Gasteiger partial charge in [0.15, 0.2) is 0 Å². The van der Waals surface area contributed by atoms with Gasteiger partial charge in [0.1, 0.15) is 24.3 Å². The Balaban J connectivity index is 1.58. The van der Waals surface area contributed by atoms with Crippen LogP contribution in [0.4, 0.5) is 4.39 Å². The summed E-state index contributed by atoms with van der Waals surface area (Å²) in [5.74, 6) is 0.245. The number of aromatic nitrogens is 2. The fourth-order valence-corrected chi connectivity index (χ4v) is 3.77. The minimum absolute atomic E-state index is 0.00873. The van der Waals surface area contributed by atoms with Crippen LogP contribution in [0.2, 0.25) is 0 Å². The highest BCUT2D eigenvalue weighted by atomic mass is 32.2. The highest BCUT2D eigenvalue weighted by molar-refractivity contribution is 7.89. The first-order valence-corrected chi connectivity index (χ1v) is 11.7. The molecule has 9 nitrogen and oxygen atoms in total. The second-order valence-electron chi connectivity index (χ2n) is 8.46. The molecule has 0 aliphatic heterocycles.